The molecule has 1 fully saturated rings. The van der Waals surface area contributed by atoms with Gasteiger partial charge in [-0.1, -0.05) is 30.3 Å². The van der Waals surface area contributed by atoms with Crippen LogP contribution in [0.3, 0.4) is 0 Å². The standard InChI is InChI=1S/C28H20F3IN4O5/c29-28(30,31)22-21(35-24(41-22)17-5-2-1-3-6-17)23(37)34-19-11-12-20(33-15-19)16-7-9-18(10-8-16)25(38)36-14-4-13-27(36,32)26(39)40/h1-3,5-12,15H,4,13-14H2,(H,34,37)(H,39,40). The number of carbonyl (C=O) groups excluding carboxylic acids is 2. The molecule has 5 rings (SSSR count). The van der Waals surface area contributed by atoms with E-state index in [9.17, 15) is 32.7 Å². The molecule has 13 heteroatoms. The fraction of sp³-hybridized carbons (Fsp3) is 0.179. The number of rotatable bonds is 6. The third kappa shape index (κ3) is 5.66. The monoisotopic (exact) mass is 676 g/mol. The third-order valence-corrected chi connectivity index (χ3v) is 8.04. The van der Waals surface area contributed by atoms with E-state index in [1.807, 2.05) is 0 Å². The topological polar surface area (TPSA) is 126 Å². The Bertz CT molecular complexity index is 1610. The summed E-state index contributed by atoms with van der Waals surface area (Å²) in [6.45, 7) is 0.344. The molecular weight excluding hydrogens is 656 g/mol. The minimum absolute atomic E-state index is 0.129. The van der Waals surface area contributed by atoms with Gasteiger partial charge in [-0.2, -0.15) is 13.2 Å². The fourth-order valence-corrected chi connectivity index (χ4v) is 5.25. The van der Waals surface area contributed by atoms with Crippen LogP contribution in [0.15, 0.2) is 77.3 Å². The first-order chi connectivity index (χ1) is 19.5. The molecule has 1 saturated heterocycles. The SMILES string of the molecule is O=C(Nc1ccc(-c2ccc(C(=O)N3CCCC3(I)C(=O)O)cc2)nc1)c1nc(-c2ccccc2)oc1C(F)(F)F. The van der Waals surface area contributed by atoms with E-state index in [1.165, 1.54) is 29.3 Å². The number of carboxylic acid groups (broad SMARTS) is 1. The van der Waals surface area contributed by atoms with E-state index in [-0.39, 0.29) is 17.1 Å². The number of likely N-dealkylation sites (tertiary alicyclic amines) is 1. The van der Waals surface area contributed by atoms with Crippen molar-refractivity contribution in [3.63, 3.8) is 0 Å². The highest BCUT2D eigenvalue weighted by atomic mass is 127. The van der Waals surface area contributed by atoms with Gasteiger partial charge in [0.25, 0.3) is 11.8 Å². The summed E-state index contributed by atoms with van der Waals surface area (Å²) in [5.41, 5.74) is 0.932. The van der Waals surface area contributed by atoms with Gasteiger partial charge in [0.2, 0.25) is 11.7 Å². The van der Waals surface area contributed by atoms with Gasteiger partial charge in [-0.05, 0) is 71.8 Å². The van der Waals surface area contributed by atoms with Gasteiger partial charge in [0.05, 0.1) is 17.6 Å². The Labute approximate surface area is 244 Å². The second-order valence-corrected chi connectivity index (χ2v) is 10.9. The van der Waals surface area contributed by atoms with Gasteiger partial charge in [0.15, 0.2) is 9.24 Å². The van der Waals surface area contributed by atoms with Gasteiger partial charge in [-0.15, -0.1) is 0 Å². The van der Waals surface area contributed by atoms with E-state index in [0.29, 0.717) is 36.2 Å². The number of alkyl halides is 4. The molecule has 0 radical (unpaired) electrons. The summed E-state index contributed by atoms with van der Waals surface area (Å²) in [5, 5.41) is 11.9. The van der Waals surface area contributed by atoms with Crippen molar-refractivity contribution in [3.8, 4) is 22.7 Å². The van der Waals surface area contributed by atoms with Crippen LogP contribution in [0.4, 0.5) is 18.9 Å². The van der Waals surface area contributed by atoms with Gasteiger partial charge in [0, 0.05) is 23.2 Å². The van der Waals surface area contributed by atoms with Gasteiger partial charge < -0.3 is 19.7 Å². The van der Waals surface area contributed by atoms with Crippen molar-refractivity contribution in [2.24, 2.45) is 0 Å². The molecule has 9 nitrogen and oxygen atoms in total. The summed E-state index contributed by atoms with van der Waals surface area (Å²) in [5.74, 6) is -4.42. The summed E-state index contributed by atoms with van der Waals surface area (Å²) in [4.78, 5) is 46.8. The molecule has 1 unspecified atom stereocenters. The third-order valence-electron chi connectivity index (χ3n) is 6.46. The smallest absolute Gasteiger partial charge is 0.452 e. The molecule has 1 atom stereocenters. The van der Waals surface area contributed by atoms with Gasteiger partial charge >= 0.3 is 12.1 Å². The largest absolute Gasteiger partial charge is 0.479 e. The number of benzene rings is 2. The number of anilines is 1. The molecule has 2 aromatic heterocycles. The number of aliphatic carboxylic acids is 1. The quantitative estimate of drug-likeness (QED) is 0.143. The fourth-order valence-electron chi connectivity index (χ4n) is 4.41. The van der Waals surface area contributed by atoms with Crippen molar-refractivity contribution >= 4 is 46.1 Å². The molecular formula is C28H20F3IN4O5. The number of halogens is 4. The lowest BCUT2D eigenvalue weighted by molar-refractivity contribution is -0.153. The molecule has 2 N–H and O–H groups in total. The Morgan fingerprint density at radius 1 is 1.00 bits per heavy atom. The first kappa shape index (κ1) is 28.3. The van der Waals surface area contributed by atoms with Crippen LogP contribution in [-0.2, 0) is 11.0 Å². The van der Waals surface area contributed by atoms with Crippen LogP contribution >= 0.6 is 22.6 Å². The summed E-state index contributed by atoms with van der Waals surface area (Å²) >= 11 is 1.80. The summed E-state index contributed by atoms with van der Waals surface area (Å²) < 4.78 is 44.4. The molecule has 1 aliphatic heterocycles. The van der Waals surface area contributed by atoms with Crippen molar-refractivity contribution in [1.29, 1.82) is 0 Å². The van der Waals surface area contributed by atoms with Crippen molar-refractivity contribution in [3.05, 3.63) is 89.9 Å². The van der Waals surface area contributed by atoms with E-state index in [1.54, 1.807) is 71.1 Å². The number of carboxylic acids is 1. The van der Waals surface area contributed by atoms with Crippen LogP contribution in [0.2, 0.25) is 0 Å². The van der Waals surface area contributed by atoms with Crippen LogP contribution in [0.1, 0.15) is 39.4 Å². The zero-order valence-electron chi connectivity index (χ0n) is 21.0. The molecule has 41 heavy (non-hydrogen) atoms. The van der Waals surface area contributed by atoms with E-state index in [0.717, 1.165) is 0 Å². The van der Waals surface area contributed by atoms with Crippen LogP contribution in [-0.4, -0.2) is 47.8 Å². The molecule has 0 bridgehead atoms. The number of pyridine rings is 1. The number of nitrogens with zero attached hydrogens (tertiary/aromatic N) is 3. The second kappa shape index (κ2) is 11.0. The Kier molecular flexibility index (Phi) is 7.55. The van der Waals surface area contributed by atoms with E-state index in [4.69, 9.17) is 4.42 Å². The van der Waals surface area contributed by atoms with E-state index >= 15 is 0 Å². The van der Waals surface area contributed by atoms with Crippen molar-refractivity contribution in [2.75, 3.05) is 11.9 Å². The maximum absolute atomic E-state index is 13.6. The number of oxazole rings is 1. The lowest BCUT2D eigenvalue weighted by Gasteiger charge is -2.29. The van der Waals surface area contributed by atoms with Gasteiger partial charge in [0.1, 0.15) is 0 Å². The van der Waals surface area contributed by atoms with E-state index < -0.39 is 39.0 Å². The molecule has 4 aromatic rings. The first-order valence-corrected chi connectivity index (χ1v) is 13.3. The molecule has 2 aromatic carbocycles. The van der Waals surface area contributed by atoms with Crippen molar-refractivity contribution in [1.82, 2.24) is 14.9 Å². The number of aromatic nitrogens is 2. The number of hydrogen-bond acceptors (Lipinski definition) is 6. The lowest BCUT2D eigenvalue weighted by Crippen LogP contribution is -2.48. The van der Waals surface area contributed by atoms with E-state index in [2.05, 4.69) is 15.3 Å². The molecule has 210 valence electrons. The zero-order chi connectivity index (χ0) is 29.4. The zero-order valence-corrected chi connectivity index (χ0v) is 23.1. The summed E-state index contributed by atoms with van der Waals surface area (Å²) in [7, 11) is 0. The minimum Gasteiger partial charge on any atom is -0.479 e. The average Bonchev–Trinajstić information content (AvgIpc) is 3.59. The Morgan fingerprint density at radius 2 is 1.71 bits per heavy atom. The predicted octanol–water partition coefficient (Wildman–Crippen LogP) is 6.13. The number of amides is 2. The summed E-state index contributed by atoms with van der Waals surface area (Å²) in [6.07, 6.45) is -2.71. The second-order valence-electron chi connectivity index (χ2n) is 9.15. The van der Waals surface area contributed by atoms with Gasteiger partial charge in [-0.3, -0.25) is 14.6 Å². The van der Waals surface area contributed by atoms with Gasteiger partial charge in [-0.25, -0.2) is 9.78 Å². The molecule has 3 heterocycles. The summed E-state index contributed by atoms with van der Waals surface area (Å²) in [6, 6.07) is 17.4. The minimum atomic E-state index is -4.94. The van der Waals surface area contributed by atoms with Crippen molar-refractivity contribution in [2.45, 2.75) is 22.6 Å². The van der Waals surface area contributed by atoms with Crippen molar-refractivity contribution < 1.29 is 37.1 Å². The maximum atomic E-state index is 13.6. The van der Waals surface area contributed by atoms with Crippen LogP contribution < -0.4 is 5.32 Å². The average molecular weight is 676 g/mol. The molecule has 0 aliphatic carbocycles. The molecule has 1 aliphatic rings. The normalized spacial score (nSPS) is 16.9. The first-order valence-electron chi connectivity index (χ1n) is 12.2. The highest BCUT2D eigenvalue weighted by molar-refractivity contribution is 14.1. The van der Waals surface area contributed by atoms with Crippen LogP contribution in [0, 0.1) is 0 Å². The molecule has 0 spiro atoms. The maximum Gasteiger partial charge on any atom is 0.452 e. The Hall–Kier alpha value is -4.27. The number of carbonyl (C=O) groups is 3. The highest BCUT2D eigenvalue weighted by Gasteiger charge is 2.48. The molecule has 2 amide bonds. The Balaban J connectivity index is 1.31. The highest BCUT2D eigenvalue weighted by Crippen LogP contribution is 2.38. The Morgan fingerprint density at radius 3 is 2.32 bits per heavy atom. The number of nitrogens with one attached hydrogen (secondary N) is 1. The molecule has 0 saturated carbocycles. The number of hydrogen-bond donors (Lipinski definition) is 2. The van der Waals surface area contributed by atoms with Crippen LogP contribution in [0.25, 0.3) is 22.7 Å². The predicted molar refractivity (Wildman–Crippen MR) is 149 cm³/mol. The van der Waals surface area contributed by atoms with Crippen LogP contribution in [0.5, 0.6) is 0 Å². The lowest BCUT2D eigenvalue weighted by atomic mass is 10.1.